The molecule has 0 spiro atoms. The van der Waals surface area contributed by atoms with E-state index in [2.05, 4.69) is 161 Å². The third-order valence-electron chi connectivity index (χ3n) is 15.1. The van der Waals surface area contributed by atoms with Crippen LogP contribution >= 0.6 is 15.6 Å². The van der Waals surface area contributed by atoms with Gasteiger partial charge in [0, 0.05) is 25.7 Å². The number of aliphatic hydroxyl groups excluding tert-OH is 1. The molecule has 19 heteroatoms. The monoisotopic (exact) mass is 1410 g/mol. The van der Waals surface area contributed by atoms with Gasteiger partial charge >= 0.3 is 39.5 Å². The SMILES string of the molecule is CC/C=C\C/C=C\C/C=C\C/C=C\C/C=C\CCCCCC(=O)OCC(COP(=O)(O)OCC(O)COP(=O)(O)OCC(COC(=O)CCCCCCC/C=C\C/C=C\CCC)OC(=O)CCCCCCC/C=C\CCCC)OC(=O)CCCCCCC/C=C\C/C=C\C/C=C\CC. The standard InChI is InChI=1S/C79H132O17P2/c1-5-9-13-17-21-25-29-32-34-35-36-37-39-41-45-48-52-56-60-64-77(82)90-70-75(96-79(84)66-62-58-54-50-46-42-38-33-30-26-22-18-14-10-6-2)72-94-98(87,88)92-68-73(80)67-91-97(85,86)93-71-74(95-78(83)65-61-57-53-49-43-28-24-20-16-12-8-4)69-89-76(81)63-59-55-51-47-44-40-31-27-23-19-15-11-7-3/h9-10,13-15,19-22,24-27,31-34,36-38,41,45,73-75,80H,5-8,11-12,16-18,23,28-30,35,39-40,42-44,46-72H2,1-4H3,(H,85,86)(H,87,88)/b13-9-,14-10-,19-15-,24-20-,25-21-,26-22-,31-27-,34-32-,37-36-,38-33-,45-41-. The number of hydrogen-bond donors (Lipinski definition) is 3. The Morgan fingerprint density at radius 1 is 0.296 bits per heavy atom. The lowest BCUT2D eigenvalue weighted by molar-refractivity contribution is -0.161. The first-order valence-corrected chi connectivity index (χ1v) is 40.4. The Labute approximate surface area is 593 Å². The first-order valence-electron chi connectivity index (χ1n) is 37.4. The summed E-state index contributed by atoms with van der Waals surface area (Å²) in [7, 11) is -9.97. The Morgan fingerprint density at radius 3 is 0.878 bits per heavy atom. The van der Waals surface area contributed by atoms with Gasteiger partial charge in [0.05, 0.1) is 26.4 Å². The summed E-state index contributed by atoms with van der Waals surface area (Å²) in [6.07, 6.45) is 77.4. The predicted octanol–water partition coefficient (Wildman–Crippen LogP) is 21.3. The van der Waals surface area contributed by atoms with Crippen LogP contribution in [-0.4, -0.2) is 96.7 Å². The Hall–Kier alpha value is -4.80. The second kappa shape index (κ2) is 70.6. The summed E-state index contributed by atoms with van der Waals surface area (Å²) < 4.78 is 68.3. The topological polar surface area (TPSA) is 237 Å². The largest absolute Gasteiger partial charge is 0.472 e. The Kier molecular flexibility index (Phi) is 67.2. The van der Waals surface area contributed by atoms with E-state index in [1.165, 1.54) is 12.8 Å². The van der Waals surface area contributed by atoms with Crippen LogP contribution in [-0.2, 0) is 65.4 Å². The van der Waals surface area contributed by atoms with Gasteiger partial charge in [-0.05, 0) is 148 Å². The predicted molar refractivity (Wildman–Crippen MR) is 399 cm³/mol. The van der Waals surface area contributed by atoms with Gasteiger partial charge in [-0.2, -0.15) is 0 Å². The van der Waals surface area contributed by atoms with E-state index in [1.54, 1.807) is 0 Å². The lowest BCUT2D eigenvalue weighted by atomic mass is 10.1. The summed E-state index contributed by atoms with van der Waals surface area (Å²) in [5.41, 5.74) is 0. The molecular weight excluding hydrogens is 1280 g/mol. The number of ether oxygens (including phenoxy) is 4. The summed E-state index contributed by atoms with van der Waals surface area (Å²) in [6, 6.07) is 0. The maximum atomic E-state index is 13.1. The summed E-state index contributed by atoms with van der Waals surface area (Å²) >= 11 is 0. The van der Waals surface area contributed by atoms with Gasteiger partial charge in [0.2, 0.25) is 0 Å². The number of phosphoric ester groups is 2. The minimum absolute atomic E-state index is 0.0639. The normalized spacial score (nSPS) is 14.7. The highest BCUT2D eigenvalue weighted by Gasteiger charge is 2.30. The van der Waals surface area contributed by atoms with Crippen LogP contribution in [0.1, 0.15) is 285 Å². The van der Waals surface area contributed by atoms with E-state index in [4.69, 9.17) is 37.0 Å². The number of aliphatic hydroxyl groups is 1. The van der Waals surface area contributed by atoms with Crippen molar-refractivity contribution in [3.63, 3.8) is 0 Å². The zero-order valence-electron chi connectivity index (χ0n) is 60.9. The third kappa shape index (κ3) is 69.7. The fourth-order valence-corrected chi connectivity index (χ4v) is 11.0. The molecule has 0 aliphatic rings. The molecule has 0 aliphatic carbocycles. The number of unbranched alkanes of at least 4 members (excludes halogenated alkanes) is 21. The molecule has 3 N–H and O–H groups in total. The van der Waals surface area contributed by atoms with Gasteiger partial charge < -0.3 is 33.8 Å². The van der Waals surface area contributed by atoms with Crippen molar-refractivity contribution >= 4 is 39.5 Å². The molecule has 0 aromatic carbocycles. The van der Waals surface area contributed by atoms with Gasteiger partial charge in [-0.25, -0.2) is 9.13 Å². The lowest BCUT2D eigenvalue weighted by Crippen LogP contribution is -2.30. The molecule has 0 aliphatic heterocycles. The van der Waals surface area contributed by atoms with Crippen molar-refractivity contribution in [1.82, 2.24) is 0 Å². The van der Waals surface area contributed by atoms with Gasteiger partial charge in [-0.1, -0.05) is 245 Å². The Bertz CT molecular complexity index is 2380. The van der Waals surface area contributed by atoms with Crippen molar-refractivity contribution in [2.24, 2.45) is 0 Å². The van der Waals surface area contributed by atoms with Crippen LogP contribution in [0.2, 0.25) is 0 Å². The molecule has 0 heterocycles. The molecule has 0 bridgehead atoms. The molecule has 0 rings (SSSR count). The van der Waals surface area contributed by atoms with Gasteiger partial charge in [0.15, 0.2) is 12.2 Å². The van der Waals surface area contributed by atoms with E-state index in [9.17, 15) is 43.2 Å². The van der Waals surface area contributed by atoms with E-state index in [1.807, 2.05) is 0 Å². The molecule has 98 heavy (non-hydrogen) atoms. The van der Waals surface area contributed by atoms with Crippen molar-refractivity contribution in [3.8, 4) is 0 Å². The van der Waals surface area contributed by atoms with E-state index < -0.39 is 97.5 Å². The van der Waals surface area contributed by atoms with Crippen molar-refractivity contribution in [3.05, 3.63) is 134 Å². The van der Waals surface area contributed by atoms with Crippen LogP contribution in [0.25, 0.3) is 0 Å². The maximum Gasteiger partial charge on any atom is 0.472 e. The number of allylic oxidation sites excluding steroid dienone is 22. The van der Waals surface area contributed by atoms with Crippen LogP contribution in [0.4, 0.5) is 0 Å². The molecule has 5 atom stereocenters. The van der Waals surface area contributed by atoms with Crippen molar-refractivity contribution in [1.29, 1.82) is 0 Å². The average molecular weight is 1420 g/mol. The molecular formula is C79H132O17P2. The molecule has 0 saturated carbocycles. The molecule has 5 unspecified atom stereocenters. The van der Waals surface area contributed by atoms with Crippen LogP contribution in [0.15, 0.2) is 134 Å². The van der Waals surface area contributed by atoms with Gasteiger partial charge in [-0.3, -0.25) is 37.3 Å². The number of esters is 4. The molecule has 0 radical (unpaired) electrons. The highest BCUT2D eigenvalue weighted by atomic mass is 31.2. The molecule has 0 fully saturated rings. The summed E-state index contributed by atoms with van der Waals surface area (Å²) in [5.74, 6) is -2.26. The van der Waals surface area contributed by atoms with Crippen molar-refractivity contribution in [2.75, 3.05) is 39.6 Å². The van der Waals surface area contributed by atoms with Gasteiger partial charge in [-0.15, -0.1) is 0 Å². The minimum atomic E-state index is -4.99. The number of rotatable bonds is 69. The van der Waals surface area contributed by atoms with E-state index in [0.717, 1.165) is 193 Å². The molecule has 0 aromatic heterocycles. The molecule has 0 saturated heterocycles. The van der Waals surface area contributed by atoms with Crippen molar-refractivity contribution < 1.29 is 80.2 Å². The van der Waals surface area contributed by atoms with Gasteiger partial charge in [0.1, 0.15) is 19.3 Å². The minimum Gasteiger partial charge on any atom is -0.462 e. The number of carbonyl (C=O) groups excluding carboxylic acids is 4. The Balaban J connectivity index is 5.39. The molecule has 0 amide bonds. The first-order chi connectivity index (χ1) is 47.7. The number of phosphoric acid groups is 2. The highest BCUT2D eigenvalue weighted by molar-refractivity contribution is 7.47. The van der Waals surface area contributed by atoms with Crippen LogP contribution in [0.5, 0.6) is 0 Å². The quantitative estimate of drug-likeness (QED) is 0.0169. The Morgan fingerprint density at radius 2 is 0.551 bits per heavy atom. The fourth-order valence-electron chi connectivity index (χ4n) is 9.40. The van der Waals surface area contributed by atoms with Gasteiger partial charge in [0.25, 0.3) is 0 Å². The summed E-state index contributed by atoms with van der Waals surface area (Å²) in [4.78, 5) is 72.7. The average Bonchev–Trinajstić information content (AvgIpc) is 0.992. The van der Waals surface area contributed by atoms with Crippen molar-refractivity contribution in [2.45, 2.75) is 303 Å². The third-order valence-corrected chi connectivity index (χ3v) is 17.0. The number of hydrogen-bond acceptors (Lipinski definition) is 15. The molecule has 17 nitrogen and oxygen atoms in total. The lowest BCUT2D eigenvalue weighted by Gasteiger charge is -2.21. The second-order valence-corrected chi connectivity index (χ2v) is 27.4. The summed E-state index contributed by atoms with van der Waals surface area (Å²) in [6.45, 7) is 4.44. The molecule has 0 aromatic rings. The van der Waals surface area contributed by atoms with Crippen LogP contribution in [0, 0.1) is 0 Å². The first kappa shape index (κ1) is 93.2. The highest BCUT2D eigenvalue weighted by Crippen LogP contribution is 2.45. The smallest absolute Gasteiger partial charge is 0.462 e. The zero-order chi connectivity index (χ0) is 71.8. The molecule has 560 valence electrons. The number of carbonyl (C=O) groups is 4. The van der Waals surface area contributed by atoms with E-state index in [0.29, 0.717) is 25.7 Å². The fraction of sp³-hybridized carbons (Fsp3) is 0.671. The van der Waals surface area contributed by atoms with E-state index >= 15 is 0 Å². The van der Waals surface area contributed by atoms with Crippen LogP contribution in [0.3, 0.4) is 0 Å². The van der Waals surface area contributed by atoms with E-state index in [-0.39, 0.29) is 25.7 Å². The second-order valence-electron chi connectivity index (χ2n) is 24.5. The van der Waals surface area contributed by atoms with Crippen LogP contribution < -0.4 is 0 Å². The zero-order valence-corrected chi connectivity index (χ0v) is 62.7. The maximum absolute atomic E-state index is 13.1. The summed E-state index contributed by atoms with van der Waals surface area (Å²) in [5, 5.41) is 10.6.